The van der Waals surface area contributed by atoms with Gasteiger partial charge >= 0.3 is 0 Å². The number of unbranched alkanes of at least 4 members (excludes halogenated alkanes) is 43. The lowest BCUT2D eigenvalue weighted by Crippen LogP contribution is -2.65. The summed E-state index contributed by atoms with van der Waals surface area (Å²) in [5.41, 5.74) is 0. The highest BCUT2D eigenvalue weighted by Gasteiger charge is 2.51. The normalized spacial score (nSPS) is 23.0. The predicted octanol–water partition coefficient (Wildman–Crippen LogP) is 16.8. The Hall–Kier alpha value is -2.31. The van der Waals surface area contributed by atoms with E-state index in [4.69, 9.17) is 18.9 Å². The van der Waals surface area contributed by atoms with E-state index in [9.17, 15) is 45.6 Å². The average molecular weight is 1300 g/mol. The minimum Gasteiger partial charge on any atom is -0.394 e. The van der Waals surface area contributed by atoms with E-state index in [0.717, 1.165) is 44.9 Å². The van der Waals surface area contributed by atoms with Gasteiger partial charge < -0.3 is 65.1 Å². The van der Waals surface area contributed by atoms with E-state index in [1.807, 2.05) is 6.08 Å². The van der Waals surface area contributed by atoms with Crippen LogP contribution < -0.4 is 5.32 Å². The maximum atomic E-state index is 13.4. The van der Waals surface area contributed by atoms with Crippen molar-refractivity contribution >= 4 is 5.91 Å². The summed E-state index contributed by atoms with van der Waals surface area (Å²) in [6, 6.07) is -0.934. The highest BCUT2D eigenvalue weighted by molar-refractivity contribution is 5.76. The first-order chi connectivity index (χ1) is 45.1. The topological polar surface area (TPSA) is 228 Å². The van der Waals surface area contributed by atoms with Crippen molar-refractivity contribution in [2.24, 2.45) is 0 Å². The van der Waals surface area contributed by atoms with E-state index in [-0.39, 0.29) is 18.9 Å². The third-order valence-electron chi connectivity index (χ3n) is 18.7. The Balaban J connectivity index is 1.64. The van der Waals surface area contributed by atoms with Crippen LogP contribution in [0, 0.1) is 0 Å². The standard InChI is InChI=1S/C78H143NO13/c1-3-5-7-9-11-13-15-17-19-21-23-25-27-29-30-31-32-33-34-35-36-38-40-42-44-46-48-50-52-54-56-58-60-62-70(83)79-66(65-89-77-75(88)73(86)76(69(64-81)91-77)92-78-74(87)72(85)71(84)68(63-80)90-78)67(82)61-59-57-55-53-51-49-47-45-43-41-39-37-28-26-24-22-20-18-16-14-12-10-8-6-4-2/h15,17,21,23,27,29,51,53,59,61,66-69,71-78,80-82,84-88H,3-14,16,18-20,22,24-26,28,30-50,52,54-58,60,62-65H2,1-2H3,(H,79,83)/b17-15-,23-21-,29-27-,53-51+,61-59+. The van der Waals surface area contributed by atoms with Crippen molar-refractivity contribution in [2.75, 3.05) is 19.8 Å². The smallest absolute Gasteiger partial charge is 0.220 e. The van der Waals surface area contributed by atoms with Crippen molar-refractivity contribution in [3.05, 3.63) is 60.8 Å². The van der Waals surface area contributed by atoms with Crippen LogP contribution in [0.1, 0.15) is 335 Å². The van der Waals surface area contributed by atoms with Crippen LogP contribution in [0.5, 0.6) is 0 Å². The van der Waals surface area contributed by atoms with Gasteiger partial charge in [0.05, 0.1) is 32.0 Å². The molecule has 0 aromatic rings. The highest BCUT2D eigenvalue weighted by atomic mass is 16.7. The lowest BCUT2D eigenvalue weighted by molar-refractivity contribution is -0.359. The number of nitrogens with one attached hydrogen (secondary N) is 1. The maximum Gasteiger partial charge on any atom is 0.220 e. The molecule has 2 heterocycles. The molecular formula is C78H143NO13. The number of aliphatic hydroxyl groups is 8. The molecule has 0 aromatic carbocycles. The number of ether oxygens (including phenoxy) is 4. The number of allylic oxidation sites excluding steroid dienone is 9. The van der Waals surface area contributed by atoms with Gasteiger partial charge in [-0.25, -0.2) is 0 Å². The fourth-order valence-electron chi connectivity index (χ4n) is 12.6. The van der Waals surface area contributed by atoms with Gasteiger partial charge in [-0.15, -0.1) is 0 Å². The van der Waals surface area contributed by atoms with Crippen LogP contribution in [0.2, 0.25) is 0 Å². The van der Waals surface area contributed by atoms with Crippen LogP contribution in [-0.4, -0.2) is 140 Å². The Kier molecular flexibility index (Phi) is 58.0. The van der Waals surface area contributed by atoms with Gasteiger partial charge in [0, 0.05) is 6.42 Å². The second-order valence-electron chi connectivity index (χ2n) is 27.1. The minimum atomic E-state index is -1.79. The second kappa shape index (κ2) is 62.2. The third kappa shape index (κ3) is 45.2. The number of hydrogen-bond acceptors (Lipinski definition) is 13. The molecule has 0 radical (unpaired) electrons. The van der Waals surface area contributed by atoms with Crippen molar-refractivity contribution in [3.63, 3.8) is 0 Å². The molecule has 0 aromatic heterocycles. The largest absolute Gasteiger partial charge is 0.394 e. The SMILES string of the molecule is CCCCCCC/C=C\C/C=C\C/C=C\CCCCCCCCCCCCCCCCCCCCC(=O)NC(COC1OC(CO)C(OC2OC(CO)C(O)C(O)C2O)C(O)C1O)C(O)/C=C/CC/C=C/CCCCCCCCCCCCCCCCCCCCC. The fraction of sp³-hybridized carbons (Fsp3) is 0.859. The molecule has 0 aliphatic carbocycles. The number of aliphatic hydroxyl groups excluding tert-OH is 8. The van der Waals surface area contributed by atoms with Gasteiger partial charge in [0.15, 0.2) is 12.6 Å². The minimum absolute atomic E-state index is 0.245. The van der Waals surface area contributed by atoms with E-state index in [1.54, 1.807) is 6.08 Å². The fourth-order valence-corrected chi connectivity index (χ4v) is 12.6. The average Bonchev–Trinajstić information content (AvgIpc) is 0.829. The quantitative estimate of drug-likeness (QED) is 0.0204. The summed E-state index contributed by atoms with van der Waals surface area (Å²) in [6.45, 7) is 2.82. The molecule has 0 saturated carbocycles. The van der Waals surface area contributed by atoms with Crippen molar-refractivity contribution < 1.29 is 64.6 Å². The molecule has 12 unspecified atom stereocenters. The first-order valence-corrected chi connectivity index (χ1v) is 38.5. The first kappa shape index (κ1) is 85.8. The van der Waals surface area contributed by atoms with E-state index < -0.39 is 86.8 Å². The summed E-state index contributed by atoms with van der Waals surface area (Å²) >= 11 is 0. The molecule has 2 aliphatic heterocycles. The van der Waals surface area contributed by atoms with Gasteiger partial charge in [-0.1, -0.05) is 319 Å². The van der Waals surface area contributed by atoms with Gasteiger partial charge in [0.1, 0.15) is 48.8 Å². The lowest BCUT2D eigenvalue weighted by Gasteiger charge is -2.46. The molecule has 12 atom stereocenters. The Bertz CT molecular complexity index is 1780. The molecule has 2 fully saturated rings. The zero-order valence-electron chi connectivity index (χ0n) is 58.8. The van der Waals surface area contributed by atoms with Crippen LogP contribution in [0.15, 0.2) is 60.8 Å². The molecule has 0 spiro atoms. The number of carbonyl (C=O) groups is 1. The van der Waals surface area contributed by atoms with E-state index in [2.05, 4.69) is 67.8 Å². The Morgan fingerprint density at radius 2 is 0.728 bits per heavy atom. The maximum absolute atomic E-state index is 13.4. The Labute approximate surface area is 562 Å². The Morgan fingerprint density at radius 3 is 1.14 bits per heavy atom. The van der Waals surface area contributed by atoms with Gasteiger partial charge in [-0.2, -0.15) is 0 Å². The zero-order valence-corrected chi connectivity index (χ0v) is 58.8. The molecule has 14 heteroatoms. The molecular weight excluding hydrogens is 1160 g/mol. The van der Waals surface area contributed by atoms with Crippen LogP contribution in [0.3, 0.4) is 0 Å². The van der Waals surface area contributed by atoms with Gasteiger partial charge in [0.2, 0.25) is 5.91 Å². The first-order valence-electron chi connectivity index (χ1n) is 38.5. The van der Waals surface area contributed by atoms with Crippen molar-refractivity contribution in [1.29, 1.82) is 0 Å². The van der Waals surface area contributed by atoms with Crippen LogP contribution in [0.25, 0.3) is 0 Å². The van der Waals surface area contributed by atoms with Gasteiger partial charge in [-0.05, 0) is 70.6 Å². The number of amides is 1. The van der Waals surface area contributed by atoms with Crippen molar-refractivity contribution in [3.8, 4) is 0 Å². The van der Waals surface area contributed by atoms with Crippen LogP contribution in [-0.2, 0) is 23.7 Å². The summed E-state index contributed by atoms with van der Waals surface area (Å²) in [4.78, 5) is 13.4. The van der Waals surface area contributed by atoms with E-state index >= 15 is 0 Å². The number of rotatable bonds is 64. The second-order valence-corrected chi connectivity index (χ2v) is 27.1. The number of carbonyl (C=O) groups excluding carboxylic acids is 1. The molecule has 92 heavy (non-hydrogen) atoms. The van der Waals surface area contributed by atoms with E-state index in [1.165, 1.54) is 257 Å². The molecule has 14 nitrogen and oxygen atoms in total. The molecule has 2 aliphatic rings. The van der Waals surface area contributed by atoms with Gasteiger partial charge in [0.25, 0.3) is 0 Å². The molecule has 0 bridgehead atoms. The summed E-state index contributed by atoms with van der Waals surface area (Å²) in [6.07, 6.45) is 67.2. The summed E-state index contributed by atoms with van der Waals surface area (Å²) in [7, 11) is 0. The Morgan fingerprint density at radius 1 is 0.391 bits per heavy atom. The molecule has 538 valence electrons. The van der Waals surface area contributed by atoms with E-state index in [0.29, 0.717) is 12.8 Å². The predicted molar refractivity (Wildman–Crippen MR) is 378 cm³/mol. The van der Waals surface area contributed by atoms with Crippen molar-refractivity contribution in [2.45, 2.75) is 408 Å². The third-order valence-corrected chi connectivity index (χ3v) is 18.7. The molecule has 1 amide bonds. The van der Waals surface area contributed by atoms with Crippen LogP contribution >= 0.6 is 0 Å². The highest BCUT2D eigenvalue weighted by Crippen LogP contribution is 2.30. The molecule has 9 N–H and O–H groups in total. The monoisotopic (exact) mass is 1300 g/mol. The summed E-state index contributed by atoms with van der Waals surface area (Å²) < 4.78 is 22.9. The van der Waals surface area contributed by atoms with Crippen molar-refractivity contribution in [1.82, 2.24) is 5.32 Å². The zero-order chi connectivity index (χ0) is 66.6. The molecule has 2 rings (SSSR count). The molecule has 2 saturated heterocycles. The summed E-state index contributed by atoms with van der Waals surface area (Å²) in [5, 5.41) is 87.6. The van der Waals surface area contributed by atoms with Crippen LogP contribution in [0.4, 0.5) is 0 Å². The van der Waals surface area contributed by atoms with Gasteiger partial charge in [-0.3, -0.25) is 4.79 Å². The summed E-state index contributed by atoms with van der Waals surface area (Å²) in [5.74, 6) is -0.245. The number of hydrogen-bond donors (Lipinski definition) is 9. The lowest BCUT2D eigenvalue weighted by atomic mass is 9.97.